The third kappa shape index (κ3) is 2.79. The van der Waals surface area contributed by atoms with Gasteiger partial charge in [-0.05, 0) is 44.5 Å². The quantitative estimate of drug-likeness (QED) is 0.532. The van der Waals surface area contributed by atoms with Gasteiger partial charge in [-0.2, -0.15) is 0 Å². The maximum atomic E-state index is 12.7. The molecule has 0 N–H and O–H groups in total. The van der Waals surface area contributed by atoms with Gasteiger partial charge in [0, 0.05) is 11.8 Å². The van der Waals surface area contributed by atoms with Crippen molar-refractivity contribution in [2.24, 2.45) is 0 Å². The molecular weight excluding hydrogens is 292 g/mol. The molecule has 0 saturated heterocycles. The first kappa shape index (κ1) is 14.9. The van der Waals surface area contributed by atoms with E-state index >= 15 is 0 Å². The summed E-state index contributed by atoms with van der Waals surface area (Å²) in [5.41, 5.74) is 3.98. The number of aromatic nitrogens is 2. The number of benzene rings is 1. The monoisotopic (exact) mass is 310 g/mol. The molecule has 0 amide bonds. The Morgan fingerprint density at radius 2 is 2.05 bits per heavy atom. The highest BCUT2D eigenvalue weighted by Gasteiger charge is 2.20. The molecule has 0 aliphatic carbocycles. The molecule has 2 aromatic heterocycles. The zero-order chi connectivity index (χ0) is 15.7. The van der Waals surface area contributed by atoms with Crippen LogP contribution in [0.2, 0.25) is 0 Å². The number of pyridine rings is 1. The summed E-state index contributed by atoms with van der Waals surface area (Å²) in [6.07, 6.45) is 3.80. The predicted molar refractivity (Wildman–Crippen MR) is 90.8 cm³/mol. The fraction of sp³-hybridized carbons (Fsp3) is 0.222. The summed E-state index contributed by atoms with van der Waals surface area (Å²) in [5.74, 6) is 0.152. The van der Waals surface area contributed by atoms with Crippen molar-refractivity contribution in [3.8, 4) is 0 Å². The molecule has 3 rings (SSSR count). The Labute approximate surface area is 134 Å². The lowest BCUT2D eigenvalue weighted by atomic mass is 10.0. The Morgan fingerprint density at radius 1 is 1.23 bits per heavy atom. The molecule has 0 spiro atoms. The van der Waals surface area contributed by atoms with E-state index in [1.807, 2.05) is 74.0 Å². The number of carbonyl (C=O) groups excluding carboxylic acids is 1. The van der Waals surface area contributed by atoms with Crippen molar-refractivity contribution in [2.45, 2.75) is 31.2 Å². The van der Waals surface area contributed by atoms with Crippen molar-refractivity contribution in [3.63, 3.8) is 0 Å². The average molecular weight is 310 g/mol. The molecule has 0 fully saturated rings. The average Bonchev–Trinajstić information content (AvgIpc) is 2.92. The van der Waals surface area contributed by atoms with Crippen molar-refractivity contribution in [2.75, 3.05) is 0 Å². The fourth-order valence-electron chi connectivity index (χ4n) is 2.44. The first-order valence-electron chi connectivity index (χ1n) is 7.26. The van der Waals surface area contributed by atoms with Crippen molar-refractivity contribution in [1.29, 1.82) is 0 Å². The molecule has 0 radical (unpaired) electrons. The normalized spacial score (nSPS) is 12.5. The molecular formula is C18H18N2OS. The number of fused-ring (bicyclic) bond motifs is 1. The Balaban J connectivity index is 1.86. The Morgan fingerprint density at radius 3 is 2.86 bits per heavy atom. The highest BCUT2D eigenvalue weighted by molar-refractivity contribution is 8.00. The van der Waals surface area contributed by atoms with Gasteiger partial charge in [0.25, 0.3) is 0 Å². The van der Waals surface area contributed by atoms with Crippen LogP contribution >= 0.6 is 11.8 Å². The van der Waals surface area contributed by atoms with Crippen molar-refractivity contribution in [1.82, 2.24) is 9.38 Å². The third-order valence-electron chi connectivity index (χ3n) is 3.71. The zero-order valence-electron chi connectivity index (χ0n) is 12.9. The van der Waals surface area contributed by atoms with E-state index in [2.05, 4.69) is 4.98 Å². The summed E-state index contributed by atoms with van der Waals surface area (Å²) >= 11 is 1.50. The van der Waals surface area contributed by atoms with E-state index in [1.54, 1.807) is 0 Å². The lowest BCUT2D eigenvalue weighted by Gasteiger charge is -2.12. The molecule has 112 valence electrons. The van der Waals surface area contributed by atoms with Gasteiger partial charge in [-0.15, -0.1) is 0 Å². The van der Waals surface area contributed by atoms with Gasteiger partial charge < -0.3 is 0 Å². The molecule has 1 atom stereocenters. The predicted octanol–water partition coefficient (Wildman–Crippen LogP) is 4.31. The van der Waals surface area contributed by atoms with Gasteiger partial charge in [-0.3, -0.25) is 9.20 Å². The summed E-state index contributed by atoms with van der Waals surface area (Å²) in [6, 6.07) is 12.0. The topological polar surface area (TPSA) is 34.4 Å². The number of rotatable bonds is 4. The van der Waals surface area contributed by atoms with Gasteiger partial charge in [0.15, 0.2) is 10.9 Å². The van der Waals surface area contributed by atoms with Crippen LogP contribution in [0.5, 0.6) is 0 Å². The van der Waals surface area contributed by atoms with Gasteiger partial charge in [-0.25, -0.2) is 4.98 Å². The molecule has 0 bridgehead atoms. The molecule has 2 heterocycles. The standard InChI is InChI=1S/C18H18N2OS/c1-12-7-8-13(2)16(10-12)17(21)14(3)22-18-19-11-15-6-4-5-9-20(15)18/h4-11,14H,1-3H3/t14-/m0/s1. The Bertz CT molecular complexity index is 838. The van der Waals surface area contributed by atoms with Crippen molar-refractivity contribution in [3.05, 3.63) is 65.5 Å². The Hall–Kier alpha value is -2.07. The van der Waals surface area contributed by atoms with Crippen LogP contribution in [0.1, 0.15) is 28.4 Å². The van der Waals surface area contributed by atoms with E-state index < -0.39 is 0 Å². The summed E-state index contributed by atoms with van der Waals surface area (Å²) < 4.78 is 2.01. The first-order chi connectivity index (χ1) is 10.6. The molecule has 4 heteroatoms. The lowest BCUT2D eigenvalue weighted by Crippen LogP contribution is -2.15. The number of carbonyl (C=O) groups is 1. The van der Waals surface area contributed by atoms with Gasteiger partial charge in [0.1, 0.15) is 0 Å². The highest BCUT2D eigenvalue weighted by atomic mass is 32.2. The number of hydrogen-bond donors (Lipinski definition) is 0. The van der Waals surface area contributed by atoms with Gasteiger partial charge in [-0.1, -0.05) is 35.5 Å². The second kappa shape index (κ2) is 5.97. The largest absolute Gasteiger partial charge is 0.295 e. The molecule has 1 aromatic carbocycles. The van der Waals surface area contributed by atoms with Gasteiger partial charge in [0.2, 0.25) is 0 Å². The van der Waals surface area contributed by atoms with Crippen LogP contribution in [-0.4, -0.2) is 20.4 Å². The highest BCUT2D eigenvalue weighted by Crippen LogP contribution is 2.26. The molecule has 0 aliphatic rings. The van der Waals surface area contributed by atoms with E-state index in [9.17, 15) is 4.79 Å². The van der Waals surface area contributed by atoms with E-state index in [1.165, 1.54) is 11.8 Å². The summed E-state index contributed by atoms with van der Waals surface area (Å²) in [7, 11) is 0. The minimum Gasteiger partial charge on any atom is -0.295 e. The summed E-state index contributed by atoms with van der Waals surface area (Å²) in [4.78, 5) is 17.1. The van der Waals surface area contributed by atoms with E-state index in [0.29, 0.717) is 0 Å². The lowest BCUT2D eigenvalue weighted by molar-refractivity contribution is 0.0993. The molecule has 3 nitrogen and oxygen atoms in total. The number of aryl methyl sites for hydroxylation is 2. The molecule has 3 aromatic rings. The van der Waals surface area contributed by atoms with Crippen LogP contribution in [0.25, 0.3) is 5.52 Å². The zero-order valence-corrected chi connectivity index (χ0v) is 13.7. The third-order valence-corrected chi connectivity index (χ3v) is 4.80. The summed E-state index contributed by atoms with van der Waals surface area (Å²) in [5, 5.41) is 0.674. The maximum Gasteiger partial charge on any atom is 0.176 e. The number of ketones is 1. The smallest absolute Gasteiger partial charge is 0.176 e. The minimum absolute atomic E-state index is 0.152. The number of Topliss-reactive ketones (excluding diaryl/α,β-unsaturated/α-hetero) is 1. The summed E-state index contributed by atoms with van der Waals surface area (Å²) in [6.45, 7) is 5.93. The van der Waals surface area contributed by atoms with Gasteiger partial charge in [0.05, 0.1) is 17.0 Å². The SMILES string of the molecule is Cc1ccc(C)c(C(=O)[C@H](C)Sc2ncc3ccccn23)c1. The van der Waals surface area contributed by atoms with Crippen LogP contribution in [0.4, 0.5) is 0 Å². The van der Waals surface area contributed by atoms with Crippen LogP contribution < -0.4 is 0 Å². The number of nitrogens with zero attached hydrogens (tertiary/aromatic N) is 2. The molecule has 22 heavy (non-hydrogen) atoms. The van der Waals surface area contributed by atoms with Gasteiger partial charge >= 0.3 is 0 Å². The number of imidazole rings is 1. The molecule has 0 unspecified atom stereocenters. The fourth-order valence-corrected chi connectivity index (χ4v) is 3.38. The van der Waals surface area contributed by atoms with Crippen LogP contribution in [-0.2, 0) is 0 Å². The van der Waals surface area contributed by atoms with Crippen LogP contribution in [0.15, 0.2) is 53.9 Å². The van der Waals surface area contributed by atoms with Crippen LogP contribution in [0.3, 0.4) is 0 Å². The number of hydrogen-bond acceptors (Lipinski definition) is 3. The van der Waals surface area contributed by atoms with Crippen molar-refractivity contribution < 1.29 is 4.79 Å². The van der Waals surface area contributed by atoms with Crippen LogP contribution in [0, 0.1) is 13.8 Å². The second-order valence-electron chi connectivity index (χ2n) is 5.48. The van der Waals surface area contributed by atoms with Crippen molar-refractivity contribution >= 4 is 23.1 Å². The number of thioether (sulfide) groups is 1. The first-order valence-corrected chi connectivity index (χ1v) is 8.14. The van der Waals surface area contributed by atoms with E-state index in [0.717, 1.165) is 27.4 Å². The van der Waals surface area contributed by atoms with E-state index in [4.69, 9.17) is 0 Å². The van der Waals surface area contributed by atoms with E-state index in [-0.39, 0.29) is 11.0 Å². The maximum absolute atomic E-state index is 12.7. The minimum atomic E-state index is -0.175. The molecule has 0 aliphatic heterocycles. The second-order valence-corrected chi connectivity index (χ2v) is 6.79. The molecule has 0 saturated carbocycles. The Kier molecular flexibility index (Phi) is 4.03.